The number of halogens is 1. The summed E-state index contributed by atoms with van der Waals surface area (Å²) >= 11 is 1.16. The van der Waals surface area contributed by atoms with Gasteiger partial charge in [-0.15, -0.1) is 11.8 Å². The average molecular weight is 394 g/mol. The van der Waals surface area contributed by atoms with E-state index in [9.17, 15) is 28.7 Å². The lowest BCUT2D eigenvalue weighted by Gasteiger charge is -2.49. The molecule has 0 radical (unpaired) electrons. The molecule has 2 heterocycles. The molecular formula is C17H15FN2O6S. The van der Waals surface area contributed by atoms with Crippen LogP contribution in [0.4, 0.5) is 4.39 Å². The molecule has 142 valence electrons. The van der Waals surface area contributed by atoms with Crippen LogP contribution in [0.2, 0.25) is 0 Å². The molecular weight excluding hydrogens is 379 g/mol. The molecule has 1 aromatic rings. The molecule has 2 aliphatic heterocycles. The van der Waals surface area contributed by atoms with Crippen LogP contribution in [0.15, 0.2) is 41.6 Å². The van der Waals surface area contributed by atoms with E-state index < -0.39 is 42.0 Å². The van der Waals surface area contributed by atoms with E-state index in [0.29, 0.717) is 5.56 Å². The van der Waals surface area contributed by atoms with Gasteiger partial charge in [-0.3, -0.25) is 19.3 Å². The minimum Gasteiger partial charge on any atom is -0.477 e. The highest BCUT2D eigenvalue weighted by molar-refractivity contribution is 8.00. The van der Waals surface area contributed by atoms with Gasteiger partial charge in [0.05, 0.1) is 0 Å². The fourth-order valence-electron chi connectivity index (χ4n) is 2.99. The summed E-state index contributed by atoms with van der Waals surface area (Å²) in [5, 5.41) is 11.1. The molecule has 2 unspecified atom stereocenters. The molecule has 10 heteroatoms. The molecule has 0 spiro atoms. The number of nitrogens with zero attached hydrogens (tertiary/aromatic N) is 1. The number of amides is 2. The second kappa shape index (κ2) is 7.78. The minimum atomic E-state index is -1.39. The van der Waals surface area contributed by atoms with E-state index in [-0.39, 0.29) is 23.5 Å². The van der Waals surface area contributed by atoms with E-state index in [1.165, 1.54) is 0 Å². The van der Waals surface area contributed by atoms with Gasteiger partial charge in [-0.1, -0.05) is 30.3 Å². The number of β-lactam (4-membered cyclic amide) rings is 1. The van der Waals surface area contributed by atoms with Crippen LogP contribution in [0.3, 0.4) is 0 Å². The van der Waals surface area contributed by atoms with E-state index in [1.54, 1.807) is 30.3 Å². The third-order valence-corrected chi connectivity index (χ3v) is 5.58. The van der Waals surface area contributed by atoms with Crippen LogP contribution >= 0.6 is 11.8 Å². The number of carbonyl (C=O) groups excluding carboxylic acids is 3. The molecule has 1 aromatic carbocycles. The van der Waals surface area contributed by atoms with Crippen molar-refractivity contribution >= 4 is 36.0 Å². The van der Waals surface area contributed by atoms with Gasteiger partial charge in [-0.05, 0) is 0 Å². The van der Waals surface area contributed by atoms with Gasteiger partial charge in [0.1, 0.15) is 23.8 Å². The Morgan fingerprint density at radius 2 is 2.11 bits per heavy atom. The van der Waals surface area contributed by atoms with Crippen LogP contribution in [-0.4, -0.2) is 58.1 Å². The summed E-state index contributed by atoms with van der Waals surface area (Å²) < 4.78 is 17.9. The lowest BCUT2D eigenvalue weighted by atomic mass is 10.0. The lowest BCUT2D eigenvalue weighted by Crippen LogP contribution is -2.71. The Hall–Kier alpha value is -2.88. The number of ether oxygens (including phenoxy) is 1. The van der Waals surface area contributed by atoms with Crippen LogP contribution in [0, 0.1) is 0 Å². The maximum Gasteiger partial charge on any atom is 0.352 e. The minimum absolute atomic E-state index is 0.0216. The maximum absolute atomic E-state index is 13.0. The Morgan fingerprint density at radius 3 is 2.70 bits per heavy atom. The van der Waals surface area contributed by atoms with Crippen molar-refractivity contribution in [1.29, 1.82) is 0 Å². The molecule has 27 heavy (non-hydrogen) atoms. The van der Waals surface area contributed by atoms with Gasteiger partial charge < -0.3 is 15.2 Å². The molecule has 2 N–H and O–H groups in total. The normalized spacial score (nSPS) is 22.4. The van der Waals surface area contributed by atoms with Gasteiger partial charge in [0, 0.05) is 16.9 Å². The third kappa shape index (κ3) is 3.39. The van der Waals surface area contributed by atoms with E-state index in [1.807, 2.05) is 0 Å². The Kier molecular flexibility index (Phi) is 5.45. The number of aliphatic carboxylic acids is 1. The van der Waals surface area contributed by atoms with Crippen molar-refractivity contribution in [2.45, 2.75) is 17.5 Å². The average Bonchev–Trinajstić information content (AvgIpc) is 2.69. The molecule has 0 saturated carbocycles. The number of rotatable bonds is 7. The third-order valence-electron chi connectivity index (χ3n) is 4.24. The number of carbonyl (C=O) groups is 4. The number of nitrogens with one attached hydrogen (secondary N) is 1. The fraction of sp³-hybridized carbons (Fsp3) is 0.294. The van der Waals surface area contributed by atoms with E-state index >= 15 is 0 Å². The summed E-state index contributed by atoms with van der Waals surface area (Å²) in [5.41, 5.74) is 0.0710. The van der Waals surface area contributed by atoms with Crippen LogP contribution in [0.25, 0.3) is 0 Å². The molecule has 1 fully saturated rings. The monoisotopic (exact) mass is 394 g/mol. The van der Waals surface area contributed by atoms with Gasteiger partial charge in [-0.2, -0.15) is 0 Å². The van der Waals surface area contributed by atoms with Crippen molar-refractivity contribution < 1.29 is 33.4 Å². The summed E-state index contributed by atoms with van der Waals surface area (Å²) in [5.74, 6) is -2.64. The highest BCUT2D eigenvalue weighted by Gasteiger charge is 2.54. The molecule has 0 aliphatic carbocycles. The first-order valence-corrected chi connectivity index (χ1v) is 8.94. The van der Waals surface area contributed by atoms with E-state index in [0.717, 1.165) is 16.7 Å². The molecule has 2 aliphatic rings. The first-order valence-electron chi connectivity index (χ1n) is 7.90. The van der Waals surface area contributed by atoms with Crippen molar-refractivity contribution in [3.63, 3.8) is 0 Å². The van der Waals surface area contributed by atoms with Gasteiger partial charge in [-0.25, -0.2) is 9.18 Å². The number of carboxylic acids is 1. The van der Waals surface area contributed by atoms with Crippen molar-refractivity contribution in [2.75, 3.05) is 12.4 Å². The predicted octanol–water partition coefficient (Wildman–Crippen LogP) is 0.609. The zero-order chi connectivity index (χ0) is 19.6. The highest BCUT2D eigenvalue weighted by Crippen LogP contribution is 2.40. The number of alkyl halides is 1. The van der Waals surface area contributed by atoms with E-state index in [4.69, 9.17) is 4.74 Å². The first kappa shape index (κ1) is 18.9. The van der Waals surface area contributed by atoms with Gasteiger partial charge in [0.2, 0.25) is 6.10 Å². The zero-order valence-corrected chi connectivity index (χ0v) is 14.6. The summed E-state index contributed by atoms with van der Waals surface area (Å²) in [6.45, 7) is -0.828. The van der Waals surface area contributed by atoms with Crippen LogP contribution in [-0.2, 0) is 23.9 Å². The number of benzene rings is 1. The second-order valence-electron chi connectivity index (χ2n) is 5.81. The summed E-state index contributed by atoms with van der Waals surface area (Å²) in [6, 6.07) is 7.26. The molecule has 2 amide bonds. The molecule has 8 nitrogen and oxygen atoms in total. The fourth-order valence-corrected chi connectivity index (χ4v) is 4.31. The summed E-state index contributed by atoms with van der Waals surface area (Å²) in [6.07, 6.45) is -1.24. The molecule has 3 rings (SSSR count). The van der Waals surface area contributed by atoms with Gasteiger partial charge in [0.15, 0.2) is 0 Å². The Morgan fingerprint density at radius 1 is 1.41 bits per heavy atom. The molecule has 0 bridgehead atoms. The Labute approximate surface area is 157 Å². The van der Waals surface area contributed by atoms with Crippen LogP contribution in [0.1, 0.15) is 11.7 Å². The van der Waals surface area contributed by atoms with Gasteiger partial charge in [0.25, 0.3) is 18.3 Å². The number of hydrogen-bond donors (Lipinski definition) is 2. The maximum atomic E-state index is 13.0. The smallest absolute Gasteiger partial charge is 0.352 e. The lowest BCUT2D eigenvalue weighted by molar-refractivity contribution is -0.154. The largest absolute Gasteiger partial charge is 0.477 e. The molecule has 1 saturated heterocycles. The Bertz CT molecular complexity index is 815. The van der Waals surface area contributed by atoms with E-state index in [2.05, 4.69) is 5.32 Å². The SMILES string of the molecule is O=COC(C(=O)NC1C(=O)N2C(C(=O)O)=C(CF)CS[C@H]12)c1ccccc1. The quantitative estimate of drug-likeness (QED) is 0.515. The number of hydrogen-bond acceptors (Lipinski definition) is 6. The van der Waals surface area contributed by atoms with Crippen molar-refractivity contribution in [3.05, 3.63) is 47.2 Å². The number of carboxylic acid groups (broad SMARTS) is 1. The van der Waals surface area contributed by atoms with Crippen LogP contribution in [0.5, 0.6) is 0 Å². The first-order chi connectivity index (χ1) is 13.0. The topological polar surface area (TPSA) is 113 Å². The van der Waals surface area contributed by atoms with Crippen molar-refractivity contribution in [2.24, 2.45) is 0 Å². The molecule has 3 atom stereocenters. The van der Waals surface area contributed by atoms with Crippen molar-refractivity contribution in [1.82, 2.24) is 10.2 Å². The number of fused-ring (bicyclic) bond motifs is 1. The predicted molar refractivity (Wildman–Crippen MR) is 92.0 cm³/mol. The van der Waals surface area contributed by atoms with Crippen molar-refractivity contribution in [3.8, 4) is 0 Å². The standard InChI is InChI=1S/C17H15FN2O6S/c18-6-10-7-27-16-11(15(23)20(16)12(10)17(24)25)19-14(22)13(26-8-21)9-4-2-1-3-5-9/h1-5,8,11,13,16H,6-7H2,(H,19,22)(H,24,25)/t11?,13?,16-/m1/s1. The van der Waals surface area contributed by atoms with Crippen LogP contribution < -0.4 is 5.32 Å². The molecule has 0 aromatic heterocycles. The summed E-state index contributed by atoms with van der Waals surface area (Å²) in [4.78, 5) is 48.0. The Balaban J connectivity index is 1.77. The highest BCUT2D eigenvalue weighted by atomic mass is 32.2. The number of thioether (sulfide) groups is 1. The zero-order valence-electron chi connectivity index (χ0n) is 13.8. The van der Waals surface area contributed by atoms with Gasteiger partial charge >= 0.3 is 5.97 Å². The second-order valence-corrected chi connectivity index (χ2v) is 6.92. The summed E-state index contributed by atoms with van der Waals surface area (Å²) in [7, 11) is 0.